The Labute approximate surface area is 151 Å². The van der Waals surface area contributed by atoms with Crippen molar-refractivity contribution in [1.29, 1.82) is 0 Å². The topological polar surface area (TPSA) is 126 Å². The number of aromatic nitrogens is 9. The molecule has 1 fully saturated rings. The summed E-state index contributed by atoms with van der Waals surface area (Å²) in [4.78, 5) is 31.3. The van der Waals surface area contributed by atoms with Crippen molar-refractivity contribution in [3.63, 3.8) is 0 Å². The molecule has 136 valence electrons. The lowest BCUT2D eigenvalue weighted by molar-refractivity contribution is 0.354. The van der Waals surface area contributed by atoms with Crippen LogP contribution in [0.4, 0.5) is 0 Å². The van der Waals surface area contributed by atoms with Gasteiger partial charge in [-0.3, -0.25) is 14.2 Å². The van der Waals surface area contributed by atoms with E-state index in [2.05, 4.69) is 30.7 Å². The van der Waals surface area contributed by atoms with Gasteiger partial charge in [0.1, 0.15) is 5.52 Å². The van der Waals surface area contributed by atoms with Gasteiger partial charge in [-0.05, 0) is 37.1 Å². The minimum Gasteiger partial charge on any atom is -0.296 e. The van der Waals surface area contributed by atoms with Crippen LogP contribution in [-0.4, -0.2) is 44.8 Å². The van der Waals surface area contributed by atoms with Crippen LogP contribution in [0.5, 0.6) is 0 Å². The second kappa shape index (κ2) is 5.76. The third-order valence-electron chi connectivity index (χ3n) is 4.76. The zero-order valence-electron chi connectivity index (χ0n) is 14.4. The first-order valence-corrected chi connectivity index (χ1v) is 8.62. The first-order chi connectivity index (χ1) is 13.1. The van der Waals surface area contributed by atoms with Crippen molar-refractivity contribution in [3.8, 4) is 0 Å². The minimum atomic E-state index is -0.324. The van der Waals surface area contributed by atoms with Gasteiger partial charge >= 0.3 is 0 Å². The van der Waals surface area contributed by atoms with E-state index in [0.29, 0.717) is 28.4 Å². The molecular weight excluding hydrogens is 350 g/mol. The lowest BCUT2D eigenvalue weighted by Gasteiger charge is -2.12. The van der Waals surface area contributed by atoms with Crippen LogP contribution >= 0.6 is 0 Å². The van der Waals surface area contributed by atoms with Crippen molar-refractivity contribution in [2.24, 2.45) is 0 Å². The zero-order valence-corrected chi connectivity index (χ0v) is 14.4. The van der Waals surface area contributed by atoms with E-state index in [9.17, 15) is 9.59 Å². The van der Waals surface area contributed by atoms with Crippen molar-refractivity contribution >= 4 is 21.8 Å². The Morgan fingerprint density at radius 3 is 2.63 bits per heavy atom. The van der Waals surface area contributed by atoms with Gasteiger partial charge < -0.3 is 0 Å². The van der Waals surface area contributed by atoms with E-state index in [4.69, 9.17) is 0 Å². The molecule has 1 atom stereocenters. The molecule has 4 aromatic rings. The molecule has 0 unspecified atom stereocenters. The molecule has 0 amide bonds. The number of nitrogens with zero attached hydrogens (tertiary/aromatic N) is 9. The summed E-state index contributed by atoms with van der Waals surface area (Å²) in [6.45, 7) is 2.15. The van der Waals surface area contributed by atoms with Crippen molar-refractivity contribution in [2.75, 3.05) is 0 Å². The fraction of sp³-hybridized carbons (Fsp3) is 0.375. The Balaban J connectivity index is 1.63. The highest BCUT2D eigenvalue weighted by molar-refractivity contribution is 5.93. The van der Waals surface area contributed by atoms with Crippen molar-refractivity contribution < 1.29 is 0 Å². The van der Waals surface area contributed by atoms with E-state index in [1.54, 1.807) is 23.0 Å². The number of benzene rings is 1. The highest BCUT2D eigenvalue weighted by Gasteiger charge is 2.25. The van der Waals surface area contributed by atoms with Crippen LogP contribution in [-0.2, 0) is 6.54 Å². The summed E-state index contributed by atoms with van der Waals surface area (Å²) in [7, 11) is 0. The molecule has 0 aliphatic heterocycles. The molecule has 27 heavy (non-hydrogen) atoms. The molecule has 11 nitrogen and oxygen atoms in total. The molecule has 1 aliphatic rings. The van der Waals surface area contributed by atoms with Crippen LogP contribution in [0, 0.1) is 0 Å². The Kier molecular flexibility index (Phi) is 3.35. The van der Waals surface area contributed by atoms with E-state index in [0.717, 1.165) is 12.8 Å². The average molecular weight is 365 g/mol. The maximum Gasteiger partial charge on any atom is 0.277 e. The fourth-order valence-corrected chi connectivity index (χ4v) is 3.17. The van der Waals surface area contributed by atoms with Crippen LogP contribution in [0.3, 0.4) is 0 Å². The molecule has 0 spiro atoms. The van der Waals surface area contributed by atoms with E-state index < -0.39 is 0 Å². The Morgan fingerprint density at radius 1 is 1.11 bits per heavy atom. The van der Waals surface area contributed by atoms with Crippen molar-refractivity contribution in [2.45, 2.75) is 38.4 Å². The molecular formula is C16H15N9O2. The summed E-state index contributed by atoms with van der Waals surface area (Å²) in [5.74, 6) is 0. The lowest BCUT2D eigenvalue weighted by atomic mass is 10.1. The second-order valence-corrected chi connectivity index (χ2v) is 6.75. The standard InChI is InChI=1S/C16H15N9O2/c1-9(6-24-19-7-18-21-24)25-16(27)12-4-13-11(5-14(12)20-22-25)15(26)23(8-17-13)10-2-3-10/h4-5,7-10H,2-3,6H2,1H3/t9-/m1/s1. The van der Waals surface area contributed by atoms with Gasteiger partial charge in [0.05, 0.1) is 35.2 Å². The summed E-state index contributed by atoms with van der Waals surface area (Å²) < 4.78 is 2.93. The maximum absolute atomic E-state index is 12.9. The van der Waals surface area contributed by atoms with Crippen LogP contribution in [0.25, 0.3) is 21.8 Å². The number of rotatable bonds is 4. The van der Waals surface area contributed by atoms with E-state index >= 15 is 0 Å². The van der Waals surface area contributed by atoms with E-state index in [-0.39, 0.29) is 23.2 Å². The number of tetrazole rings is 1. The molecule has 3 aromatic heterocycles. The van der Waals surface area contributed by atoms with Gasteiger partial charge in [0.2, 0.25) is 0 Å². The Bertz CT molecular complexity index is 1270. The highest BCUT2D eigenvalue weighted by atomic mass is 16.1. The van der Waals surface area contributed by atoms with Gasteiger partial charge in [-0.1, -0.05) is 5.21 Å². The van der Waals surface area contributed by atoms with Crippen molar-refractivity contribution in [1.82, 2.24) is 44.8 Å². The zero-order chi connectivity index (χ0) is 18.5. The van der Waals surface area contributed by atoms with Crippen LogP contribution in [0.15, 0.2) is 34.4 Å². The number of hydrogen-bond acceptors (Lipinski definition) is 8. The highest BCUT2D eigenvalue weighted by Crippen LogP contribution is 2.33. The van der Waals surface area contributed by atoms with Gasteiger partial charge in [0.25, 0.3) is 11.1 Å². The lowest BCUT2D eigenvalue weighted by Crippen LogP contribution is -2.30. The molecule has 3 heterocycles. The van der Waals surface area contributed by atoms with Crippen LogP contribution in [0.2, 0.25) is 0 Å². The SMILES string of the molecule is C[C@H](Cn1ncnn1)n1nnc2cc3c(=O)n(C4CC4)cnc3cc2c1=O. The predicted molar refractivity (Wildman–Crippen MR) is 94.2 cm³/mol. The second-order valence-electron chi connectivity index (χ2n) is 6.75. The molecule has 5 rings (SSSR count). The third-order valence-corrected chi connectivity index (χ3v) is 4.76. The molecule has 11 heteroatoms. The third kappa shape index (κ3) is 2.58. The number of fused-ring (bicyclic) bond motifs is 2. The molecule has 0 bridgehead atoms. The first kappa shape index (κ1) is 15.7. The molecule has 0 N–H and O–H groups in total. The summed E-state index contributed by atoms with van der Waals surface area (Å²) in [5, 5.41) is 20.4. The minimum absolute atomic E-state index is 0.110. The number of hydrogen-bond donors (Lipinski definition) is 0. The Hall–Kier alpha value is -3.50. The van der Waals surface area contributed by atoms with Crippen LogP contribution < -0.4 is 11.1 Å². The van der Waals surface area contributed by atoms with Gasteiger partial charge in [-0.2, -0.15) is 4.80 Å². The summed E-state index contributed by atoms with van der Waals surface area (Å²) in [6.07, 6.45) is 4.86. The van der Waals surface area contributed by atoms with Gasteiger partial charge in [-0.25, -0.2) is 9.67 Å². The summed E-state index contributed by atoms with van der Waals surface area (Å²) in [5.41, 5.74) is 0.442. The quantitative estimate of drug-likeness (QED) is 0.466. The summed E-state index contributed by atoms with van der Waals surface area (Å²) >= 11 is 0. The normalized spacial score (nSPS) is 15.4. The fourth-order valence-electron chi connectivity index (χ4n) is 3.17. The predicted octanol–water partition coefficient (Wildman–Crippen LogP) is 0.0840. The largest absolute Gasteiger partial charge is 0.296 e. The molecule has 0 radical (unpaired) electrons. The molecule has 1 saturated carbocycles. The monoisotopic (exact) mass is 365 g/mol. The molecule has 1 aromatic carbocycles. The van der Waals surface area contributed by atoms with Crippen molar-refractivity contribution in [3.05, 3.63) is 45.5 Å². The first-order valence-electron chi connectivity index (χ1n) is 8.62. The maximum atomic E-state index is 12.9. The molecule has 0 saturated heterocycles. The Morgan fingerprint density at radius 2 is 1.89 bits per heavy atom. The molecule has 1 aliphatic carbocycles. The van der Waals surface area contributed by atoms with Gasteiger partial charge in [-0.15, -0.1) is 15.3 Å². The van der Waals surface area contributed by atoms with Gasteiger partial charge in [0.15, 0.2) is 6.33 Å². The van der Waals surface area contributed by atoms with Crippen LogP contribution in [0.1, 0.15) is 31.8 Å². The summed E-state index contributed by atoms with van der Waals surface area (Å²) in [6, 6.07) is 3.11. The van der Waals surface area contributed by atoms with E-state index in [1.165, 1.54) is 15.8 Å². The smallest absolute Gasteiger partial charge is 0.277 e. The average Bonchev–Trinajstić information content (AvgIpc) is 3.38. The van der Waals surface area contributed by atoms with Gasteiger partial charge in [0, 0.05) is 6.04 Å². The van der Waals surface area contributed by atoms with E-state index in [1.807, 2.05) is 6.92 Å².